The van der Waals surface area contributed by atoms with Gasteiger partial charge in [0.1, 0.15) is 18.2 Å². The fraction of sp³-hybridized carbons (Fsp3) is 0.457. The second kappa shape index (κ2) is 13.2. The maximum absolute atomic E-state index is 12.7. The zero-order valence-corrected chi connectivity index (χ0v) is 26.1. The molecule has 3 aliphatic heterocycles. The first-order valence-corrected chi connectivity index (χ1v) is 15.7. The minimum absolute atomic E-state index is 0.00954. The maximum Gasteiger partial charge on any atom is 0.246 e. The highest BCUT2D eigenvalue weighted by Crippen LogP contribution is 2.39. The summed E-state index contributed by atoms with van der Waals surface area (Å²) in [6.45, 7) is 8.09. The monoisotopic (exact) mass is 594 g/mol. The van der Waals surface area contributed by atoms with Gasteiger partial charge < -0.3 is 29.1 Å². The Labute approximate surface area is 260 Å². The number of amides is 1. The number of aryl methyl sites for hydroxylation is 1. The minimum Gasteiger partial charge on any atom is -0.475 e. The second-order valence-electron chi connectivity index (χ2n) is 12.1. The number of hydrogen-bond donors (Lipinski definition) is 0. The molecule has 0 unspecified atom stereocenters. The van der Waals surface area contributed by atoms with Crippen molar-refractivity contribution < 1.29 is 14.3 Å². The highest BCUT2D eigenvalue weighted by atomic mass is 16.5. The van der Waals surface area contributed by atoms with E-state index in [0.29, 0.717) is 63.4 Å². The fourth-order valence-corrected chi connectivity index (χ4v) is 6.93. The number of nitrogens with zero attached hydrogens (tertiary/aromatic N) is 6. The topological polar surface area (TPSA) is 85.2 Å². The number of ether oxygens (including phenoxy) is 2. The summed E-state index contributed by atoms with van der Waals surface area (Å²) in [7, 11) is 3.75. The molecule has 1 aromatic heterocycles. The molecule has 0 saturated carbocycles. The standard InChI is InChI=1S/C35H42N6O3/c1-25-8-4-9-26-10-5-12-31(33(25)26)41-16-14-28-30(23-41)37-35(44-24-27-11-6-15-38(27)2)29(22-36)34(28)40-19-17-39(18-20-40)32(42)13-7-21-43-3/h4-5,7-10,12-13,27H,6,11,14-21,23-24H2,1-3H3/b13-7+/t27-/m0/s1. The molecule has 9 heteroatoms. The molecular formula is C35H42N6O3. The number of carbonyl (C=O) groups excluding carboxylic acids is 1. The van der Waals surface area contributed by atoms with Crippen LogP contribution in [0.2, 0.25) is 0 Å². The third-order valence-electron chi connectivity index (χ3n) is 9.35. The molecule has 2 aromatic carbocycles. The number of likely N-dealkylation sites (N-methyl/N-ethyl adjacent to an activating group) is 1. The quantitative estimate of drug-likeness (QED) is 0.357. The van der Waals surface area contributed by atoms with E-state index in [-0.39, 0.29) is 5.91 Å². The second-order valence-corrected chi connectivity index (χ2v) is 12.1. The van der Waals surface area contributed by atoms with Gasteiger partial charge in [-0.05, 0) is 56.8 Å². The number of carbonyl (C=O) groups is 1. The molecule has 6 rings (SSSR count). The number of anilines is 2. The van der Waals surface area contributed by atoms with E-state index in [0.717, 1.165) is 49.3 Å². The Balaban J connectivity index is 1.33. The number of methoxy groups -OCH3 is 1. The SMILES string of the molecule is COC/C=C/C(=O)N1CCN(c2c(C#N)c(OC[C@@H]3CCCN3C)nc3c2CCN(c2cccc4cccc(C)c24)C3)CC1. The van der Waals surface area contributed by atoms with E-state index in [1.807, 2.05) is 4.90 Å². The van der Waals surface area contributed by atoms with E-state index in [1.165, 1.54) is 22.0 Å². The highest BCUT2D eigenvalue weighted by molar-refractivity contribution is 5.97. The van der Waals surface area contributed by atoms with Crippen molar-refractivity contribution >= 4 is 28.1 Å². The Morgan fingerprint density at radius 3 is 2.61 bits per heavy atom. The van der Waals surface area contributed by atoms with Gasteiger partial charge in [-0.2, -0.15) is 5.26 Å². The first kappa shape index (κ1) is 29.9. The number of nitriles is 1. The minimum atomic E-state index is -0.00954. The van der Waals surface area contributed by atoms with Gasteiger partial charge in [0.2, 0.25) is 11.8 Å². The highest BCUT2D eigenvalue weighted by Gasteiger charge is 2.32. The molecule has 4 heterocycles. The fourth-order valence-electron chi connectivity index (χ4n) is 6.93. The molecule has 0 radical (unpaired) electrons. The molecule has 1 atom stereocenters. The lowest BCUT2D eigenvalue weighted by Gasteiger charge is -2.39. The van der Waals surface area contributed by atoms with Crippen molar-refractivity contribution in [3.63, 3.8) is 0 Å². The van der Waals surface area contributed by atoms with Gasteiger partial charge in [0.25, 0.3) is 0 Å². The number of piperazine rings is 1. The Kier molecular flexibility index (Phi) is 9.01. The largest absolute Gasteiger partial charge is 0.475 e. The zero-order valence-electron chi connectivity index (χ0n) is 26.1. The van der Waals surface area contributed by atoms with E-state index in [9.17, 15) is 10.1 Å². The van der Waals surface area contributed by atoms with Gasteiger partial charge in [0.05, 0.1) is 24.5 Å². The summed E-state index contributed by atoms with van der Waals surface area (Å²) >= 11 is 0. The molecule has 0 spiro atoms. The van der Waals surface area contributed by atoms with Crippen LogP contribution in [-0.2, 0) is 22.5 Å². The van der Waals surface area contributed by atoms with E-state index in [4.69, 9.17) is 14.5 Å². The summed E-state index contributed by atoms with van der Waals surface area (Å²) in [6, 6.07) is 15.7. The van der Waals surface area contributed by atoms with Crippen LogP contribution in [0.5, 0.6) is 5.88 Å². The average Bonchev–Trinajstić information content (AvgIpc) is 3.47. The van der Waals surface area contributed by atoms with Crippen LogP contribution in [0.25, 0.3) is 10.8 Å². The van der Waals surface area contributed by atoms with Gasteiger partial charge in [-0.15, -0.1) is 0 Å². The van der Waals surface area contributed by atoms with Gasteiger partial charge in [0.15, 0.2) is 0 Å². The third kappa shape index (κ3) is 5.97. The number of fused-ring (bicyclic) bond motifs is 2. The van der Waals surface area contributed by atoms with E-state index in [2.05, 4.69) is 71.1 Å². The van der Waals surface area contributed by atoms with Crippen LogP contribution in [0.1, 0.15) is 35.2 Å². The van der Waals surface area contributed by atoms with Gasteiger partial charge in [-0.1, -0.05) is 36.4 Å². The van der Waals surface area contributed by atoms with Crippen molar-refractivity contribution in [2.75, 3.05) is 76.4 Å². The van der Waals surface area contributed by atoms with Crippen molar-refractivity contribution in [1.82, 2.24) is 14.8 Å². The summed E-state index contributed by atoms with van der Waals surface area (Å²) < 4.78 is 11.5. The molecule has 1 amide bonds. The molecule has 0 N–H and O–H groups in total. The zero-order chi connectivity index (χ0) is 30.6. The summed E-state index contributed by atoms with van der Waals surface area (Å²) in [4.78, 5) is 26.7. The van der Waals surface area contributed by atoms with Crippen LogP contribution in [0.3, 0.4) is 0 Å². The third-order valence-corrected chi connectivity index (χ3v) is 9.35. The number of rotatable bonds is 8. The molecule has 0 aliphatic carbocycles. The molecule has 230 valence electrons. The van der Waals surface area contributed by atoms with E-state index >= 15 is 0 Å². The number of pyridine rings is 1. The molecular weight excluding hydrogens is 552 g/mol. The van der Waals surface area contributed by atoms with E-state index < -0.39 is 0 Å². The molecule has 3 aliphatic rings. The summed E-state index contributed by atoms with van der Waals surface area (Å²) in [6.07, 6.45) is 6.35. The molecule has 0 bridgehead atoms. The Morgan fingerprint density at radius 1 is 1.09 bits per heavy atom. The first-order chi connectivity index (χ1) is 21.5. The van der Waals surface area contributed by atoms with Crippen molar-refractivity contribution in [3.8, 4) is 11.9 Å². The van der Waals surface area contributed by atoms with Gasteiger partial charge in [-0.25, -0.2) is 4.98 Å². The van der Waals surface area contributed by atoms with Crippen LogP contribution in [0.4, 0.5) is 11.4 Å². The van der Waals surface area contributed by atoms with Gasteiger partial charge in [0, 0.05) is 68.6 Å². The van der Waals surface area contributed by atoms with Crippen LogP contribution >= 0.6 is 0 Å². The van der Waals surface area contributed by atoms with Gasteiger partial charge in [-0.3, -0.25) is 4.79 Å². The number of benzene rings is 2. The van der Waals surface area contributed by atoms with Crippen molar-refractivity contribution in [2.24, 2.45) is 0 Å². The Hall–Kier alpha value is -4.13. The molecule has 2 saturated heterocycles. The summed E-state index contributed by atoms with van der Waals surface area (Å²) in [5, 5.41) is 13.0. The predicted octanol–water partition coefficient (Wildman–Crippen LogP) is 4.30. The van der Waals surface area contributed by atoms with Crippen molar-refractivity contribution in [3.05, 3.63) is 70.9 Å². The lowest BCUT2D eigenvalue weighted by molar-refractivity contribution is -0.126. The number of aromatic nitrogens is 1. The van der Waals surface area contributed by atoms with E-state index in [1.54, 1.807) is 19.3 Å². The normalized spacial score (nSPS) is 19.0. The molecule has 9 nitrogen and oxygen atoms in total. The summed E-state index contributed by atoms with van der Waals surface area (Å²) in [5.41, 5.74) is 6.00. The number of hydrogen-bond acceptors (Lipinski definition) is 8. The summed E-state index contributed by atoms with van der Waals surface area (Å²) in [5.74, 6) is 0.420. The lowest BCUT2D eigenvalue weighted by atomic mass is 9.96. The molecule has 3 aromatic rings. The number of likely N-dealkylation sites (tertiary alicyclic amines) is 1. The van der Waals surface area contributed by atoms with Crippen LogP contribution in [-0.4, -0.2) is 93.4 Å². The lowest BCUT2D eigenvalue weighted by Crippen LogP contribution is -2.49. The predicted molar refractivity (Wildman–Crippen MR) is 173 cm³/mol. The Bertz CT molecular complexity index is 1580. The molecule has 2 fully saturated rings. The average molecular weight is 595 g/mol. The van der Waals surface area contributed by atoms with Crippen LogP contribution in [0, 0.1) is 18.3 Å². The van der Waals surface area contributed by atoms with Crippen molar-refractivity contribution in [2.45, 2.75) is 38.8 Å². The Morgan fingerprint density at radius 2 is 1.89 bits per heavy atom. The smallest absolute Gasteiger partial charge is 0.246 e. The van der Waals surface area contributed by atoms with Crippen LogP contribution in [0.15, 0.2) is 48.6 Å². The first-order valence-electron chi connectivity index (χ1n) is 15.7. The van der Waals surface area contributed by atoms with Gasteiger partial charge >= 0.3 is 0 Å². The van der Waals surface area contributed by atoms with Crippen LogP contribution < -0.4 is 14.5 Å². The molecule has 44 heavy (non-hydrogen) atoms. The van der Waals surface area contributed by atoms with Crippen molar-refractivity contribution in [1.29, 1.82) is 5.26 Å². The maximum atomic E-state index is 12.7.